The van der Waals surface area contributed by atoms with Crippen LogP contribution in [0.15, 0.2) is 65.7 Å². The maximum atomic E-state index is 6.09. The van der Waals surface area contributed by atoms with Crippen molar-refractivity contribution in [3.05, 3.63) is 66.2 Å². The zero-order chi connectivity index (χ0) is 19.4. The van der Waals surface area contributed by atoms with E-state index in [0.717, 1.165) is 44.2 Å². The number of nitrogens with one attached hydrogen (secondary N) is 2. The standard InChI is InChI=1S/C23H31N3O2.HI/c1-2-24-23(25-15-17-27-21-13-7-4-8-14-21)26-18-20-12-9-16-28-22(20)19-10-5-3-6-11-19;/h3-8,10-11,13-14,20,22H,2,9,12,15-18H2,1H3,(H2,24,25,26);1H. The van der Waals surface area contributed by atoms with E-state index in [0.29, 0.717) is 19.1 Å². The lowest BCUT2D eigenvalue weighted by Crippen LogP contribution is -2.40. The van der Waals surface area contributed by atoms with Crippen LogP contribution < -0.4 is 15.4 Å². The largest absolute Gasteiger partial charge is 0.492 e. The van der Waals surface area contributed by atoms with E-state index in [4.69, 9.17) is 14.5 Å². The highest BCUT2D eigenvalue weighted by atomic mass is 127. The molecular weight excluding hydrogens is 477 g/mol. The van der Waals surface area contributed by atoms with E-state index in [1.807, 2.05) is 36.4 Å². The van der Waals surface area contributed by atoms with Crippen molar-refractivity contribution in [2.75, 3.05) is 32.8 Å². The third kappa shape index (κ3) is 7.85. The minimum atomic E-state index is 0. The van der Waals surface area contributed by atoms with Gasteiger partial charge in [-0.05, 0) is 37.5 Å². The molecule has 6 heteroatoms. The fourth-order valence-corrected chi connectivity index (χ4v) is 3.45. The van der Waals surface area contributed by atoms with Gasteiger partial charge in [-0.2, -0.15) is 0 Å². The molecule has 1 fully saturated rings. The molecule has 1 saturated heterocycles. The molecule has 2 aromatic carbocycles. The highest BCUT2D eigenvalue weighted by Crippen LogP contribution is 2.33. The van der Waals surface area contributed by atoms with E-state index in [1.165, 1.54) is 5.56 Å². The van der Waals surface area contributed by atoms with E-state index < -0.39 is 0 Å². The minimum Gasteiger partial charge on any atom is -0.492 e. The Morgan fingerprint density at radius 3 is 2.52 bits per heavy atom. The summed E-state index contributed by atoms with van der Waals surface area (Å²) in [6.07, 6.45) is 2.36. The zero-order valence-corrected chi connectivity index (χ0v) is 19.4. The van der Waals surface area contributed by atoms with Gasteiger partial charge in [0.25, 0.3) is 0 Å². The van der Waals surface area contributed by atoms with Gasteiger partial charge in [0.1, 0.15) is 12.4 Å². The summed E-state index contributed by atoms with van der Waals surface area (Å²) in [5.41, 5.74) is 1.25. The average molecular weight is 509 g/mol. The minimum absolute atomic E-state index is 0. The monoisotopic (exact) mass is 509 g/mol. The van der Waals surface area contributed by atoms with Crippen molar-refractivity contribution < 1.29 is 9.47 Å². The second-order valence-corrected chi connectivity index (χ2v) is 6.91. The molecule has 0 radical (unpaired) electrons. The van der Waals surface area contributed by atoms with Crippen LogP contribution in [0.4, 0.5) is 0 Å². The Morgan fingerprint density at radius 2 is 1.79 bits per heavy atom. The molecule has 5 nitrogen and oxygen atoms in total. The molecule has 1 aliphatic rings. The van der Waals surface area contributed by atoms with Gasteiger partial charge in [-0.1, -0.05) is 48.5 Å². The smallest absolute Gasteiger partial charge is 0.191 e. The molecule has 0 aromatic heterocycles. The first-order valence-corrected chi connectivity index (χ1v) is 10.2. The van der Waals surface area contributed by atoms with Crippen molar-refractivity contribution in [3.63, 3.8) is 0 Å². The second-order valence-electron chi connectivity index (χ2n) is 6.91. The van der Waals surface area contributed by atoms with Crippen molar-refractivity contribution in [2.24, 2.45) is 10.9 Å². The number of guanidine groups is 1. The highest BCUT2D eigenvalue weighted by Gasteiger charge is 2.27. The molecule has 2 aromatic rings. The molecule has 0 spiro atoms. The van der Waals surface area contributed by atoms with Crippen LogP contribution in [0.2, 0.25) is 0 Å². The molecule has 2 atom stereocenters. The fraction of sp³-hybridized carbons (Fsp3) is 0.435. The molecule has 3 rings (SSSR count). The third-order valence-corrected chi connectivity index (χ3v) is 4.81. The van der Waals surface area contributed by atoms with Crippen LogP contribution in [0, 0.1) is 5.92 Å². The van der Waals surface area contributed by atoms with E-state index in [2.05, 4.69) is 41.8 Å². The van der Waals surface area contributed by atoms with Crippen LogP contribution in [0.5, 0.6) is 5.75 Å². The quantitative estimate of drug-likeness (QED) is 0.240. The first kappa shape index (κ1) is 23.5. The predicted octanol–water partition coefficient (Wildman–Crippen LogP) is 4.41. The number of aliphatic imine (C=N–C) groups is 1. The summed E-state index contributed by atoms with van der Waals surface area (Å²) in [5.74, 6) is 2.11. The van der Waals surface area contributed by atoms with Crippen molar-refractivity contribution in [3.8, 4) is 5.75 Å². The van der Waals surface area contributed by atoms with E-state index in [1.54, 1.807) is 0 Å². The van der Waals surface area contributed by atoms with Gasteiger partial charge < -0.3 is 20.1 Å². The molecule has 0 aliphatic carbocycles. The van der Waals surface area contributed by atoms with Gasteiger partial charge in [-0.3, -0.25) is 4.99 Å². The molecule has 0 saturated carbocycles. The maximum absolute atomic E-state index is 6.09. The lowest BCUT2D eigenvalue weighted by molar-refractivity contribution is -0.0250. The van der Waals surface area contributed by atoms with Crippen LogP contribution in [0.3, 0.4) is 0 Å². The van der Waals surface area contributed by atoms with E-state index >= 15 is 0 Å². The molecule has 2 unspecified atom stereocenters. The van der Waals surface area contributed by atoms with Gasteiger partial charge >= 0.3 is 0 Å². The molecule has 0 bridgehead atoms. The number of halogens is 1. The van der Waals surface area contributed by atoms with Gasteiger partial charge in [0, 0.05) is 25.6 Å². The zero-order valence-electron chi connectivity index (χ0n) is 17.0. The number of hydrogen-bond donors (Lipinski definition) is 2. The Bertz CT molecular complexity index is 713. The number of nitrogens with zero attached hydrogens (tertiary/aromatic N) is 1. The van der Waals surface area contributed by atoms with Crippen LogP contribution in [0.25, 0.3) is 0 Å². The Morgan fingerprint density at radius 1 is 1.07 bits per heavy atom. The summed E-state index contributed by atoms with van der Waals surface area (Å²) < 4.78 is 11.8. The molecule has 0 amide bonds. The molecule has 1 heterocycles. The van der Waals surface area contributed by atoms with Crippen molar-refractivity contribution in [2.45, 2.75) is 25.9 Å². The van der Waals surface area contributed by atoms with Crippen LogP contribution in [-0.4, -0.2) is 38.8 Å². The van der Waals surface area contributed by atoms with Crippen molar-refractivity contribution in [1.29, 1.82) is 0 Å². The lowest BCUT2D eigenvalue weighted by Gasteiger charge is -2.31. The van der Waals surface area contributed by atoms with Gasteiger partial charge in [0.2, 0.25) is 0 Å². The SMILES string of the molecule is CCNC(=NCC1CCCOC1c1ccccc1)NCCOc1ccccc1.I. The van der Waals surface area contributed by atoms with Gasteiger partial charge in [-0.25, -0.2) is 0 Å². The van der Waals surface area contributed by atoms with Gasteiger partial charge in [0.15, 0.2) is 5.96 Å². The summed E-state index contributed by atoms with van der Waals surface area (Å²) >= 11 is 0. The van der Waals surface area contributed by atoms with Crippen molar-refractivity contribution >= 4 is 29.9 Å². The molecule has 29 heavy (non-hydrogen) atoms. The summed E-state index contributed by atoms with van der Waals surface area (Å²) in [6, 6.07) is 20.4. The third-order valence-electron chi connectivity index (χ3n) is 4.81. The summed E-state index contributed by atoms with van der Waals surface area (Å²) in [7, 11) is 0. The Balaban J connectivity index is 0.00000300. The van der Waals surface area contributed by atoms with E-state index in [-0.39, 0.29) is 30.1 Å². The van der Waals surface area contributed by atoms with Crippen LogP contribution in [-0.2, 0) is 4.74 Å². The lowest BCUT2D eigenvalue weighted by atomic mass is 9.89. The number of ether oxygens (including phenoxy) is 2. The molecule has 158 valence electrons. The molecule has 1 aliphatic heterocycles. The van der Waals surface area contributed by atoms with Crippen molar-refractivity contribution in [1.82, 2.24) is 10.6 Å². The number of hydrogen-bond acceptors (Lipinski definition) is 3. The average Bonchev–Trinajstić information content (AvgIpc) is 2.76. The number of benzene rings is 2. The summed E-state index contributed by atoms with van der Waals surface area (Å²) in [6.45, 7) is 5.77. The first-order chi connectivity index (χ1) is 13.9. The van der Waals surface area contributed by atoms with Gasteiger partial charge in [0.05, 0.1) is 12.6 Å². The highest BCUT2D eigenvalue weighted by molar-refractivity contribution is 14.0. The van der Waals surface area contributed by atoms with E-state index in [9.17, 15) is 0 Å². The summed E-state index contributed by atoms with van der Waals surface area (Å²) in [4.78, 5) is 4.82. The molecular formula is C23H32IN3O2. The second kappa shape index (κ2) is 13.4. The molecule has 2 N–H and O–H groups in total. The van der Waals surface area contributed by atoms with Crippen LogP contribution >= 0.6 is 24.0 Å². The fourth-order valence-electron chi connectivity index (χ4n) is 3.45. The predicted molar refractivity (Wildman–Crippen MR) is 129 cm³/mol. The topological polar surface area (TPSA) is 54.9 Å². The number of para-hydroxylation sites is 1. The Kier molecular flexibility index (Phi) is 10.9. The number of rotatable bonds is 8. The Hall–Kier alpha value is -1.80. The Labute approximate surface area is 191 Å². The first-order valence-electron chi connectivity index (χ1n) is 10.2. The summed E-state index contributed by atoms with van der Waals surface area (Å²) in [5, 5.41) is 6.68. The van der Waals surface area contributed by atoms with Crippen LogP contribution in [0.1, 0.15) is 31.4 Å². The maximum Gasteiger partial charge on any atom is 0.191 e. The van der Waals surface area contributed by atoms with Gasteiger partial charge in [-0.15, -0.1) is 24.0 Å². The normalized spacial score (nSPS) is 19.1.